The molecule has 120 valence electrons. The molecule has 0 aliphatic carbocycles. The number of nitrogens with zero attached hydrogens (tertiary/aromatic N) is 4. The monoisotopic (exact) mass is 322 g/mol. The number of hydrogen-bond acceptors (Lipinski definition) is 6. The molecule has 0 saturated heterocycles. The number of aryl methyl sites for hydroxylation is 1. The van der Waals surface area contributed by atoms with Crippen LogP contribution in [0.15, 0.2) is 53.6 Å². The van der Waals surface area contributed by atoms with E-state index in [0.29, 0.717) is 11.5 Å². The highest BCUT2D eigenvalue weighted by molar-refractivity contribution is 6.11. The third kappa shape index (κ3) is 2.95. The fraction of sp³-hybridized carbons (Fsp3) is 0.0625. The number of anilines is 1. The average molecular weight is 322 g/mol. The van der Waals surface area contributed by atoms with Crippen molar-refractivity contribution in [2.75, 3.05) is 5.43 Å². The Morgan fingerprint density at radius 2 is 2.00 bits per heavy atom. The third-order valence-electron chi connectivity index (χ3n) is 3.53. The van der Waals surface area contributed by atoms with E-state index < -0.39 is 5.23 Å². The van der Waals surface area contributed by atoms with Crippen molar-refractivity contribution in [2.24, 2.45) is 12.1 Å². The predicted molar refractivity (Wildman–Crippen MR) is 88.7 cm³/mol. The van der Waals surface area contributed by atoms with Gasteiger partial charge in [0.25, 0.3) is 0 Å². The van der Waals surface area contributed by atoms with Crippen LogP contribution in [-0.2, 0) is 7.05 Å². The lowest BCUT2D eigenvalue weighted by Gasteiger charge is -2.11. The van der Waals surface area contributed by atoms with Crippen LogP contribution in [0.1, 0.15) is 5.82 Å². The number of nitrogens with one attached hydrogen (secondary N) is 2. The molecule has 0 fully saturated rings. The Labute approximate surface area is 137 Å². The van der Waals surface area contributed by atoms with Crippen molar-refractivity contribution in [3.63, 3.8) is 0 Å². The molecule has 0 amide bonds. The van der Waals surface area contributed by atoms with E-state index in [4.69, 9.17) is 5.21 Å². The molecular formula is C16H14N6O2. The van der Waals surface area contributed by atoms with Crippen LogP contribution >= 0.6 is 0 Å². The highest BCUT2D eigenvalue weighted by Crippen LogP contribution is 2.15. The lowest BCUT2D eigenvalue weighted by Crippen LogP contribution is -2.99. The molecule has 3 aromatic rings. The summed E-state index contributed by atoms with van der Waals surface area (Å²) >= 11 is 0. The van der Waals surface area contributed by atoms with Crippen LogP contribution in [0.25, 0.3) is 11.0 Å². The summed E-state index contributed by atoms with van der Waals surface area (Å²) in [5.74, 6) is 0.452. The highest BCUT2D eigenvalue weighted by atomic mass is 16.8. The standard InChI is InChI=1S/C16H14N6O2/c1-21-15-5-3-2-4-13(15)18-16(21)14(10-17)20-19-11-6-8-12(9-7-11)22(23)24/h2-9,19,22-23H,1H3. The van der Waals surface area contributed by atoms with Crippen molar-refractivity contribution in [3.05, 3.63) is 59.6 Å². The average Bonchev–Trinajstić information content (AvgIpc) is 2.93. The van der Waals surface area contributed by atoms with Crippen LogP contribution in [0.2, 0.25) is 0 Å². The summed E-state index contributed by atoms with van der Waals surface area (Å²) < 4.78 is 1.80. The van der Waals surface area contributed by atoms with E-state index >= 15 is 0 Å². The van der Waals surface area contributed by atoms with Gasteiger partial charge in [0.2, 0.25) is 5.71 Å². The van der Waals surface area contributed by atoms with Gasteiger partial charge in [-0.2, -0.15) is 15.6 Å². The SMILES string of the molecule is Cn1c(C(C#N)=NNc2ccc([NH+]([O-])O)cc2)nc2ccccc21. The van der Waals surface area contributed by atoms with E-state index in [0.717, 1.165) is 11.0 Å². The summed E-state index contributed by atoms with van der Waals surface area (Å²) in [4.78, 5) is 4.42. The van der Waals surface area contributed by atoms with E-state index in [1.165, 1.54) is 12.1 Å². The molecule has 0 bridgehead atoms. The number of benzene rings is 2. The maximum absolute atomic E-state index is 10.8. The molecule has 24 heavy (non-hydrogen) atoms. The zero-order valence-corrected chi connectivity index (χ0v) is 12.8. The van der Waals surface area contributed by atoms with Gasteiger partial charge in [-0.3, -0.25) is 5.43 Å². The zero-order valence-electron chi connectivity index (χ0n) is 12.8. The smallest absolute Gasteiger partial charge is 0.203 e. The molecular weight excluding hydrogens is 308 g/mol. The van der Waals surface area contributed by atoms with Crippen molar-refractivity contribution < 1.29 is 10.4 Å². The number of nitriles is 1. The van der Waals surface area contributed by atoms with E-state index in [1.807, 2.05) is 37.4 Å². The molecule has 1 unspecified atom stereocenters. The van der Waals surface area contributed by atoms with Crippen LogP contribution in [0.3, 0.4) is 0 Å². The van der Waals surface area contributed by atoms with E-state index in [2.05, 4.69) is 15.5 Å². The molecule has 1 heterocycles. The predicted octanol–water partition coefficient (Wildman–Crippen LogP) is 1.32. The summed E-state index contributed by atoms with van der Waals surface area (Å²) in [7, 11) is 1.82. The molecule has 0 aliphatic heterocycles. The van der Waals surface area contributed by atoms with Crippen LogP contribution < -0.4 is 10.7 Å². The summed E-state index contributed by atoms with van der Waals surface area (Å²) in [6.07, 6.45) is 0. The topological polar surface area (TPSA) is 114 Å². The van der Waals surface area contributed by atoms with E-state index in [1.54, 1.807) is 16.7 Å². The molecule has 2 aromatic carbocycles. The fourth-order valence-corrected chi connectivity index (χ4v) is 2.29. The minimum atomic E-state index is -0.998. The second-order valence-corrected chi connectivity index (χ2v) is 5.05. The number of hydrazone groups is 1. The molecule has 3 rings (SSSR count). The molecule has 1 atom stereocenters. The lowest BCUT2D eigenvalue weighted by atomic mass is 10.3. The van der Waals surface area contributed by atoms with Gasteiger partial charge in [-0.25, -0.2) is 10.2 Å². The van der Waals surface area contributed by atoms with Gasteiger partial charge in [-0.1, -0.05) is 12.1 Å². The van der Waals surface area contributed by atoms with Gasteiger partial charge in [0, 0.05) is 19.2 Å². The van der Waals surface area contributed by atoms with Crippen molar-refractivity contribution in [2.45, 2.75) is 0 Å². The van der Waals surface area contributed by atoms with Gasteiger partial charge in [0.05, 0.1) is 16.7 Å². The molecule has 8 nitrogen and oxygen atoms in total. The largest absolute Gasteiger partial charge is 0.595 e. The molecule has 0 spiro atoms. The second-order valence-electron chi connectivity index (χ2n) is 5.05. The first-order valence-corrected chi connectivity index (χ1v) is 7.09. The number of quaternary nitrogens is 1. The Morgan fingerprint density at radius 1 is 1.29 bits per heavy atom. The maximum Gasteiger partial charge on any atom is 0.203 e. The van der Waals surface area contributed by atoms with Gasteiger partial charge in [0.1, 0.15) is 6.07 Å². The Morgan fingerprint density at radius 3 is 2.62 bits per heavy atom. The zero-order chi connectivity index (χ0) is 17.1. The van der Waals surface area contributed by atoms with Crippen LogP contribution in [0.5, 0.6) is 0 Å². The second kappa shape index (κ2) is 6.47. The van der Waals surface area contributed by atoms with Crippen molar-refractivity contribution in [1.82, 2.24) is 9.55 Å². The molecule has 0 aliphatic rings. The molecule has 3 N–H and O–H groups in total. The Hall–Kier alpha value is -3.25. The number of aromatic nitrogens is 2. The summed E-state index contributed by atoms with van der Waals surface area (Å²) in [5.41, 5.74) is 5.33. The highest BCUT2D eigenvalue weighted by Gasteiger charge is 2.13. The van der Waals surface area contributed by atoms with Gasteiger partial charge in [0.15, 0.2) is 11.5 Å². The Kier molecular flexibility index (Phi) is 4.22. The van der Waals surface area contributed by atoms with Crippen molar-refractivity contribution in [1.29, 1.82) is 5.26 Å². The Balaban J connectivity index is 1.89. The van der Waals surface area contributed by atoms with Gasteiger partial charge in [-0.15, -0.1) is 0 Å². The summed E-state index contributed by atoms with van der Waals surface area (Å²) in [6.45, 7) is 0. The molecule has 0 radical (unpaired) electrons. The quantitative estimate of drug-likeness (QED) is 0.495. The van der Waals surface area contributed by atoms with E-state index in [9.17, 15) is 10.5 Å². The Bertz CT molecular complexity index is 937. The van der Waals surface area contributed by atoms with Crippen molar-refractivity contribution in [3.8, 4) is 6.07 Å². The first-order valence-electron chi connectivity index (χ1n) is 7.09. The normalized spacial score (nSPS) is 12.8. The third-order valence-corrected chi connectivity index (χ3v) is 3.53. The van der Waals surface area contributed by atoms with Crippen LogP contribution in [0.4, 0.5) is 11.4 Å². The first kappa shape index (κ1) is 15.6. The molecule has 0 saturated carbocycles. The lowest BCUT2D eigenvalue weighted by molar-refractivity contribution is -0.991. The van der Waals surface area contributed by atoms with Crippen molar-refractivity contribution >= 4 is 28.1 Å². The maximum atomic E-state index is 10.8. The number of hydrogen-bond donors (Lipinski definition) is 3. The van der Waals surface area contributed by atoms with E-state index in [-0.39, 0.29) is 11.4 Å². The molecule has 8 heteroatoms. The minimum Gasteiger partial charge on any atom is -0.595 e. The van der Waals surface area contributed by atoms with Gasteiger partial charge >= 0.3 is 0 Å². The minimum absolute atomic E-state index is 0.135. The van der Waals surface area contributed by atoms with Gasteiger partial charge < -0.3 is 9.77 Å². The first-order chi connectivity index (χ1) is 11.6. The number of para-hydroxylation sites is 2. The summed E-state index contributed by atoms with van der Waals surface area (Å²) in [5, 5.41) is 32.2. The molecule has 1 aromatic heterocycles. The van der Waals surface area contributed by atoms with Crippen LogP contribution in [-0.4, -0.2) is 20.5 Å². The van der Waals surface area contributed by atoms with Crippen LogP contribution in [0, 0.1) is 16.5 Å². The number of fused-ring (bicyclic) bond motifs is 1. The fourth-order valence-electron chi connectivity index (χ4n) is 2.29. The number of imidazole rings is 1. The van der Waals surface area contributed by atoms with Gasteiger partial charge in [-0.05, 0) is 24.3 Å². The summed E-state index contributed by atoms with van der Waals surface area (Å²) in [6, 6.07) is 15.7. The number of rotatable bonds is 4.